The first-order chi connectivity index (χ1) is 31.7. The SMILES string of the molecule is CCCCC(CCCC)c1cc(C)c(O)c(C=NC(C)(C)CN=Cc2cc(C(CCC[N+](CCCC)(CCCC)CCCC)CCC[N+](CCCC)(CCCC)CCCC)cc(C)c2O)c1.[CH3-].[CH3-].[CH3-].[CH3-].[CH3-].[Co]. The maximum absolute atomic E-state index is 11.5. The number of aromatic hydroxyl groups is 2. The summed E-state index contributed by atoms with van der Waals surface area (Å²) in [5.74, 6) is 1.61. The van der Waals surface area contributed by atoms with Gasteiger partial charge < -0.3 is 56.3 Å². The molecule has 0 heterocycles. The van der Waals surface area contributed by atoms with E-state index >= 15 is 0 Å². The summed E-state index contributed by atoms with van der Waals surface area (Å²) in [6.45, 7) is 37.9. The molecule has 72 heavy (non-hydrogen) atoms. The molecule has 0 spiro atoms. The smallest absolute Gasteiger partial charge is 0.127 e. The molecule has 7 heteroatoms. The molecule has 0 fully saturated rings. The third kappa shape index (κ3) is 28.6. The number of aliphatic imine (C=N–C) groups is 2. The zero-order chi connectivity index (χ0) is 48.9. The van der Waals surface area contributed by atoms with Crippen molar-refractivity contribution in [2.75, 3.05) is 58.9 Å². The van der Waals surface area contributed by atoms with Gasteiger partial charge in [-0.05, 0) is 151 Å². The summed E-state index contributed by atoms with van der Waals surface area (Å²) in [6.07, 6.45) is 31.4. The van der Waals surface area contributed by atoms with E-state index in [1.165, 1.54) is 214 Å². The van der Waals surface area contributed by atoms with Crippen molar-refractivity contribution in [1.29, 1.82) is 0 Å². The molecule has 6 nitrogen and oxygen atoms in total. The largest absolute Gasteiger partial charge is 0.507 e. The van der Waals surface area contributed by atoms with Crippen molar-refractivity contribution in [3.8, 4) is 11.5 Å². The van der Waals surface area contributed by atoms with Crippen LogP contribution >= 0.6 is 0 Å². The molecule has 0 atom stereocenters. The maximum atomic E-state index is 11.5. The third-order valence-electron chi connectivity index (χ3n) is 15.0. The van der Waals surface area contributed by atoms with Crippen LogP contribution in [-0.4, -0.2) is 96.1 Å². The van der Waals surface area contributed by atoms with Gasteiger partial charge in [0.1, 0.15) is 11.5 Å². The van der Waals surface area contributed by atoms with Gasteiger partial charge in [0.05, 0.1) is 64.4 Å². The zero-order valence-electron chi connectivity index (χ0n) is 51.1. The molecular formula is C65H123CoN4O2-3. The van der Waals surface area contributed by atoms with E-state index in [0.29, 0.717) is 29.9 Å². The van der Waals surface area contributed by atoms with E-state index in [2.05, 4.69) is 100 Å². The van der Waals surface area contributed by atoms with Gasteiger partial charge in [0.25, 0.3) is 0 Å². The van der Waals surface area contributed by atoms with Gasteiger partial charge in [0, 0.05) is 40.3 Å². The molecule has 2 rings (SSSR count). The van der Waals surface area contributed by atoms with Crippen LogP contribution in [0.2, 0.25) is 0 Å². The summed E-state index contributed by atoms with van der Waals surface area (Å²) in [4.78, 5) is 10.00. The van der Waals surface area contributed by atoms with Gasteiger partial charge in [0.15, 0.2) is 0 Å². The number of rotatable bonds is 39. The van der Waals surface area contributed by atoms with Crippen LogP contribution in [0, 0.1) is 51.0 Å². The number of hydrogen-bond donors (Lipinski definition) is 2. The number of phenols is 2. The second kappa shape index (κ2) is 44.0. The summed E-state index contributed by atoms with van der Waals surface area (Å²) < 4.78 is 2.59. The topological polar surface area (TPSA) is 65.2 Å². The Hall–Kier alpha value is -2.19. The fourth-order valence-corrected chi connectivity index (χ4v) is 10.5. The standard InChI is InChI=1S/C60H106N4O2.5CH3.Co/c1-13-21-31-52(32-22-14-2)55-44-51(10)59(66)57(46-55)48-62-60(11,12)49-61-47-56-45-54(43-50(9)58(56)65)53(33-29-41-63(35-23-15-3,36-24-16-4)37-25-17-5)34-30-42-64(38-26-18-6,39-27-19-7)40-28-20-8;;;;;;/h43-48,52-53H,13-42,49H2,1-12H3;5*1H3;/q;5*-1;/p+2. The molecule has 0 saturated heterocycles. The Kier molecular flexibility index (Phi) is 48.1. The Morgan fingerprint density at radius 3 is 1.03 bits per heavy atom. The third-order valence-corrected chi connectivity index (χ3v) is 15.0. The fourth-order valence-electron chi connectivity index (χ4n) is 10.5. The number of hydrogen-bond acceptors (Lipinski definition) is 4. The zero-order valence-corrected chi connectivity index (χ0v) is 52.1. The van der Waals surface area contributed by atoms with Gasteiger partial charge in [0.2, 0.25) is 0 Å². The first-order valence-corrected chi connectivity index (χ1v) is 28.1. The second-order valence-electron chi connectivity index (χ2n) is 21.6. The average Bonchev–Trinajstić information content (AvgIpc) is 3.30. The minimum atomic E-state index is -0.488. The van der Waals surface area contributed by atoms with Crippen LogP contribution in [0.15, 0.2) is 34.3 Å². The van der Waals surface area contributed by atoms with Gasteiger partial charge in [-0.3, -0.25) is 9.98 Å². The summed E-state index contributed by atoms with van der Waals surface area (Å²) in [5, 5.41) is 22.7. The molecule has 0 unspecified atom stereocenters. The molecule has 0 aliphatic heterocycles. The predicted octanol–water partition coefficient (Wildman–Crippen LogP) is 18.8. The number of quaternary nitrogens is 2. The summed E-state index contributed by atoms with van der Waals surface area (Å²) in [7, 11) is 0. The quantitative estimate of drug-likeness (QED) is 0.0398. The molecule has 1 radical (unpaired) electrons. The molecule has 0 aliphatic carbocycles. The van der Waals surface area contributed by atoms with Crippen molar-refractivity contribution >= 4 is 12.4 Å². The van der Waals surface area contributed by atoms with Crippen molar-refractivity contribution < 1.29 is 36.0 Å². The van der Waals surface area contributed by atoms with Gasteiger partial charge in [-0.1, -0.05) is 132 Å². The van der Waals surface area contributed by atoms with E-state index in [1.807, 2.05) is 19.4 Å². The van der Waals surface area contributed by atoms with Gasteiger partial charge in [-0.25, -0.2) is 0 Å². The van der Waals surface area contributed by atoms with Crippen molar-refractivity contribution in [2.24, 2.45) is 9.98 Å². The molecule has 2 N–H and O–H groups in total. The molecule has 2 aromatic rings. The average molecular weight is 1050 g/mol. The molecule has 0 bridgehead atoms. The minimum absolute atomic E-state index is 0. The van der Waals surface area contributed by atoms with Crippen LogP contribution in [0.5, 0.6) is 11.5 Å². The molecule has 0 aliphatic rings. The number of phenolic OH excluding ortho intramolecular Hbond substituents is 2. The van der Waals surface area contributed by atoms with Gasteiger partial charge in [-0.2, -0.15) is 0 Å². The Morgan fingerprint density at radius 2 is 0.722 bits per heavy atom. The molecule has 2 aromatic carbocycles. The van der Waals surface area contributed by atoms with E-state index in [0.717, 1.165) is 22.3 Å². The number of unbranched alkanes of at least 4 members (excludes halogenated alkanes) is 8. The van der Waals surface area contributed by atoms with E-state index in [4.69, 9.17) is 9.98 Å². The van der Waals surface area contributed by atoms with E-state index in [9.17, 15) is 10.2 Å². The van der Waals surface area contributed by atoms with Gasteiger partial charge in [-0.15, -0.1) is 0 Å². The van der Waals surface area contributed by atoms with E-state index in [1.54, 1.807) is 0 Å². The van der Waals surface area contributed by atoms with E-state index in [-0.39, 0.29) is 53.9 Å². The molecule has 0 aromatic heterocycles. The first-order valence-electron chi connectivity index (χ1n) is 28.1. The molecule has 0 saturated carbocycles. The van der Waals surface area contributed by atoms with Crippen LogP contribution in [0.3, 0.4) is 0 Å². The van der Waals surface area contributed by atoms with Crippen LogP contribution in [0.4, 0.5) is 0 Å². The van der Waals surface area contributed by atoms with Crippen molar-refractivity contribution in [3.05, 3.63) is 94.8 Å². The summed E-state index contributed by atoms with van der Waals surface area (Å²) >= 11 is 0. The Labute approximate surface area is 462 Å². The van der Waals surface area contributed by atoms with Crippen LogP contribution < -0.4 is 0 Å². The van der Waals surface area contributed by atoms with Crippen LogP contribution in [0.1, 0.15) is 256 Å². The Morgan fingerprint density at radius 1 is 0.444 bits per heavy atom. The van der Waals surface area contributed by atoms with Crippen LogP contribution in [0.25, 0.3) is 0 Å². The fraction of sp³-hybridized carbons (Fsp3) is 0.708. The number of aryl methyl sites for hydroxylation is 2. The Balaban J connectivity index is -0.00000249. The van der Waals surface area contributed by atoms with Crippen molar-refractivity contribution in [1.82, 2.24) is 0 Å². The minimum Gasteiger partial charge on any atom is -0.507 e. The van der Waals surface area contributed by atoms with Gasteiger partial charge >= 0.3 is 0 Å². The van der Waals surface area contributed by atoms with E-state index < -0.39 is 5.54 Å². The summed E-state index contributed by atoms with van der Waals surface area (Å²) in [5.41, 5.74) is 5.67. The normalized spacial score (nSPS) is 11.8. The number of benzene rings is 2. The maximum Gasteiger partial charge on any atom is 0.127 e. The molecular weight excluding hydrogens is 928 g/mol. The molecule has 0 amide bonds. The second-order valence-corrected chi connectivity index (χ2v) is 21.6. The van der Waals surface area contributed by atoms with Crippen molar-refractivity contribution in [2.45, 2.75) is 242 Å². The predicted molar refractivity (Wildman–Crippen MR) is 324 cm³/mol. The Bertz CT molecular complexity index is 1560. The van der Waals surface area contributed by atoms with Crippen LogP contribution in [-0.2, 0) is 16.8 Å². The summed E-state index contributed by atoms with van der Waals surface area (Å²) in [6, 6.07) is 8.93. The first kappa shape index (κ1) is 78.7. The molecule has 427 valence electrons. The number of nitrogens with zero attached hydrogens (tertiary/aromatic N) is 4. The monoisotopic (exact) mass is 1050 g/mol. The van der Waals surface area contributed by atoms with Crippen molar-refractivity contribution in [3.63, 3.8) is 0 Å².